The van der Waals surface area contributed by atoms with Crippen LogP contribution in [0.5, 0.6) is 0 Å². The van der Waals surface area contributed by atoms with Crippen LogP contribution in [0.3, 0.4) is 0 Å². The third kappa shape index (κ3) is 3.54. The predicted molar refractivity (Wildman–Crippen MR) is 91.7 cm³/mol. The van der Waals surface area contributed by atoms with Gasteiger partial charge in [0.25, 0.3) is 0 Å². The number of morpholine rings is 1. The van der Waals surface area contributed by atoms with Crippen LogP contribution in [-0.4, -0.2) is 48.0 Å². The van der Waals surface area contributed by atoms with Crippen LogP contribution < -0.4 is 5.32 Å². The zero-order valence-corrected chi connectivity index (χ0v) is 15.0. The van der Waals surface area contributed by atoms with Crippen LogP contribution in [0.25, 0.3) is 0 Å². The second-order valence-electron chi connectivity index (χ2n) is 6.64. The molecule has 2 fully saturated rings. The van der Waals surface area contributed by atoms with Gasteiger partial charge in [-0.2, -0.15) is 0 Å². The Bertz CT molecular complexity index is 605. The Morgan fingerprint density at radius 3 is 2.46 bits per heavy atom. The molecule has 0 aromatic heterocycles. The summed E-state index contributed by atoms with van der Waals surface area (Å²) < 4.78 is 17.6. The molecule has 1 aliphatic carbocycles. The molecule has 1 aliphatic heterocycles. The summed E-state index contributed by atoms with van der Waals surface area (Å²) in [5.74, 6) is -0.420. The highest BCUT2D eigenvalue weighted by Crippen LogP contribution is 2.63. The minimum absolute atomic E-state index is 0.0409. The molecule has 1 N–H and O–H groups in total. The largest absolute Gasteiger partial charge is 0.379 e. The molecule has 0 radical (unpaired) electrons. The van der Waals surface area contributed by atoms with Crippen molar-refractivity contribution in [3.63, 3.8) is 0 Å². The number of ether oxygens (including phenoxy) is 1. The lowest BCUT2D eigenvalue weighted by Gasteiger charge is -2.35. The fourth-order valence-corrected chi connectivity index (χ4v) is 3.77. The van der Waals surface area contributed by atoms with Gasteiger partial charge in [-0.3, -0.25) is 9.69 Å². The van der Waals surface area contributed by atoms with E-state index in [2.05, 4.69) is 10.2 Å². The van der Waals surface area contributed by atoms with Gasteiger partial charge in [0.1, 0.15) is 10.2 Å². The smallest absolute Gasteiger partial charge is 0.229 e. The lowest BCUT2D eigenvalue weighted by molar-refractivity contribution is -0.126. The van der Waals surface area contributed by atoms with Gasteiger partial charge in [-0.05, 0) is 31.0 Å². The average molecular weight is 375 g/mol. The van der Waals surface area contributed by atoms with Crippen LogP contribution in [0.4, 0.5) is 4.39 Å². The van der Waals surface area contributed by atoms with Gasteiger partial charge in [-0.1, -0.05) is 12.1 Å². The topological polar surface area (TPSA) is 41.6 Å². The van der Waals surface area contributed by atoms with E-state index in [0.717, 1.165) is 18.7 Å². The number of halogens is 3. The summed E-state index contributed by atoms with van der Waals surface area (Å²) in [7, 11) is 0. The lowest BCUT2D eigenvalue weighted by atomic mass is 10.0. The molecular formula is C17H21Cl2FN2O2. The van der Waals surface area contributed by atoms with Gasteiger partial charge in [0, 0.05) is 19.6 Å². The van der Waals surface area contributed by atoms with Crippen molar-refractivity contribution >= 4 is 29.1 Å². The highest BCUT2D eigenvalue weighted by molar-refractivity contribution is 6.53. The van der Waals surface area contributed by atoms with E-state index in [1.165, 1.54) is 12.1 Å². The Kier molecular flexibility index (Phi) is 5.07. The molecule has 7 heteroatoms. The van der Waals surface area contributed by atoms with E-state index in [-0.39, 0.29) is 17.8 Å². The molecule has 1 saturated heterocycles. The molecule has 4 nitrogen and oxygen atoms in total. The van der Waals surface area contributed by atoms with Crippen molar-refractivity contribution in [2.45, 2.75) is 23.7 Å². The Morgan fingerprint density at radius 1 is 1.33 bits per heavy atom. The molecular weight excluding hydrogens is 354 g/mol. The molecule has 1 aromatic rings. The van der Waals surface area contributed by atoms with E-state index in [1.54, 1.807) is 19.1 Å². The summed E-state index contributed by atoms with van der Waals surface area (Å²) in [5.41, 5.74) is 0.219. The second-order valence-corrected chi connectivity index (χ2v) is 8.12. The summed E-state index contributed by atoms with van der Waals surface area (Å²) in [6.45, 7) is 5.02. The Morgan fingerprint density at radius 2 is 1.92 bits per heavy atom. The number of benzene rings is 1. The average Bonchev–Trinajstić information content (AvgIpc) is 3.09. The van der Waals surface area contributed by atoms with Crippen LogP contribution in [0.1, 0.15) is 24.9 Å². The molecule has 1 saturated carbocycles. The zero-order chi connectivity index (χ0) is 17.4. The molecule has 24 heavy (non-hydrogen) atoms. The van der Waals surface area contributed by atoms with E-state index in [4.69, 9.17) is 27.9 Å². The Balaban J connectivity index is 1.70. The van der Waals surface area contributed by atoms with Crippen LogP contribution in [0.2, 0.25) is 0 Å². The van der Waals surface area contributed by atoms with E-state index in [9.17, 15) is 9.18 Å². The summed E-state index contributed by atoms with van der Waals surface area (Å²) in [6, 6.07) is 6.35. The molecule has 132 valence electrons. The van der Waals surface area contributed by atoms with Gasteiger partial charge in [-0.25, -0.2) is 4.39 Å². The van der Waals surface area contributed by atoms with Crippen LogP contribution in [0, 0.1) is 11.2 Å². The van der Waals surface area contributed by atoms with Gasteiger partial charge in [0.2, 0.25) is 5.91 Å². The van der Waals surface area contributed by atoms with Crippen molar-refractivity contribution in [2.75, 3.05) is 32.8 Å². The number of hydrogen-bond donors (Lipinski definition) is 1. The summed E-state index contributed by atoms with van der Waals surface area (Å²) >= 11 is 12.2. The lowest BCUT2D eigenvalue weighted by Crippen LogP contribution is -2.45. The number of alkyl halides is 2. The first-order chi connectivity index (χ1) is 11.3. The normalized spacial score (nSPS) is 27.5. The molecule has 2 atom stereocenters. The first kappa shape index (κ1) is 17.9. The highest BCUT2D eigenvalue weighted by Gasteiger charge is 2.67. The number of hydrogen-bond acceptors (Lipinski definition) is 3. The van der Waals surface area contributed by atoms with Crippen molar-refractivity contribution in [1.82, 2.24) is 10.2 Å². The molecule has 1 heterocycles. The van der Waals surface area contributed by atoms with E-state index >= 15 is 0 Å². The van der Waals surface area contributed by atoms with Crippen molar-refractivity contribution in [2.24, 2.45) is 5.41 Å². The SMILES string of the molecule is C[C@]1(C(=O)NC[C@H](c2ccc(F)cc2)N2CCOCC2)CC1(Cl)Cl. The standard InChI is InChI=1S/C17H21Cl2FN2O2/c1-16(11-17(16,18)19)15(23)21-10-14(22-6-8-24-9-7-22)12-2-4-13(20)5-3-12/h2-5,14H,6-11H2,1H3,(H,21,23)/t14-,16-/m1/s1. The van der Waals surface area contributed by atoms with Crippen molar-refractivity contribution in [1.29, 1.82) is 0 Å². The monoisotopic (exact) mass is 374 g/mol. The molecule has 0 unspecified atom stereocenters. The Labute approximate surface area is 151 Å². The van der Waals surface area contributed by atoms with Crippen LogP contribution in [-0.2, 0) is 9.53 Å². The van der Waals surface area contributed by atoms with Gasteiger partial charge >= 0.3 is 0 Å². The third-order valence-electron chi connectivity index (χ3n) is 4.96. The van der Waals surface area contributed by atoms with Crippen molar-refractivity contribution in [3.05, 3.63) is 35.6 Å². The predicted octanol–water partition coefficient (Wildman–Crippen LogP) is 2.90. The van der Waals surface area contributed by atoms with E-state index in [1.807, 2.05) is 0 Å². The number of nitrogens with zero attached hydrogens (tertiary/aromatic N) is 1. The second kappa shape index (κ2) is 6.79. The highest BCUT2D eigenvalue weighted by atomic mass is 35.5. The van der Waals surface area contributed by atoms with Gasteiger partial charge in [-0.15, -0.1) is 23.2 Å². The molecule has 1 amide bonds. The molecule has 0 bridgehead atoms. The Hall–Kier alpha value is -0.880. The van der Waals surface area contributed by atoms with Crippen LogP contribution in [0.15, 0.2) is 24.3 Å². The number of carbonyl (C=O) groups excluding carboxylic acids is 1. The maximum absolute atomic E-state index is 13.2. The van der Waals surface area contributed by atoms with Gasteiger partial charge in [0.05, 0.1) is 24.7 Å². The summed E-state index contributed by atoms with van der Waals surface area (Å²) in [5, 5.41) is 2.97. The number of carbonyl (C=O) groups is 1. The maximum atomic E-state index is 13.2. The zero-order valence-electron chi connectivity index (χ0n) is 13.5. The van der Waals surface area contributed by atoms with E-state index in [0.29, 0.717) is 26.2 Å². The minimum atomic E-state index is -0.985. The third-order valence-corrected chi connectivity index (χ3v) is 6.06. The quantitative estimate of drug-likeness (QED) is 0.805. The number of rotatable bonds is 5. The van der Waals surface area contributed by atoms with Gasteiger partial charge in [0.15, 0.2) is 0 Å². The first-order valence-electron chi connectivity index (χ1n) is 8.07. The summed E-state index contributed by atoms with van der Waals surface area (Å²) in [4.78, 5) is 14.7. The summed E-state index contributed by atoms with van der Waals surface area (Å²) in [6.07, 6.45) is 0.452. The van der Waals surface area contributed by atoms with Crippen molar-refractivity contribution in [3.8, 4) is 0 Å². The maximum Gasteiger partial charge on any atom is 0.229 e. The fourth-order valence-electron chi connectivity index (χ4n) is 3.06. The number of nitrogens with one attached hydrogen (secondary N) is 1. The van der Waals surface area contributed by atoms with E-state index < -0.39 is 9.75 Å². The molecule has 3 rings (SSSR count). The molecule has 2 aliphatic rings. The number of amides is 1. The van der Waals surface area contributed by atoms with Crippen LogP contribution >= 0.6 is 23.2 Å². The molecule has 1 aromatic carbocycles. The van der Waals surface area contributed by atoms with Gasteiger partial charge < -0.3 is 10.1 Å². The first-order valence-corrected chi connectivity index (χ1v) is 8.82. The fraction of sp³-hybridized carbons (Fsp3) is 0.588. The minimum Gasteiger partial charge on any atom is -0.379 e. The van der Waals surface area contributed by atoms with Crippen molar-refractivity contribution < 1.29 is 13.9 Å². The molecule has 0 spiro atoms.